The summed E-state index contributed by atoms with van der Waals surface area (Å²) in [7, 11) is 1.45. The third-order valence-electron chi connectivity index (χ3n) is 6.38. The molecule has 3 aromatic carbocycles. The van der Waals surface area contributed by atoms with Crippen molar-refractivity contribution in [1.29, 1.82) is 5.26 Å². The van der Waals surface area contributed by atoms with Crippen molar-refractivity contribution >= 4 is 29.0 Å². The van der Waals surface area contributed by atoms with Gasteiger partial charge in [-0.3, -0.25) is 19.1 Å². The number of ketones is 1. The lowest BCUT2D eigenvalue weighted by atomic mass is 10.0. The Kier molecular flexibility index (Phi) is 8.61. The largest absolute Gasteiger partial charge is 0.495 e. The van der Waals surface area contributed by atoms with E-state index in [1.54, 1.807) is 65.6 Å². The summed E-state index contributed by atoms with van der Waals surface area (Å²) in [6, 6.07) is 20.2. The Labute approximate surface area is 238 Å². The highest BCUT2D eigenvalue weighted by molar-refractivity contribution is 6.16. The number of ether oxygens (including phenoxy) is 1. The summed E-state index contributed by atoms with van der Waals surface area (Å²) in [6.07, 6.45) is 6.80. The molecule has 2 heterocycles. The van der Waals surface area contributed by atoms with Gasteiger partial charge in [0.25, 0.3) is 11.8 Å². The van der Waals surface area contributed by atoms with Crippen molar-refractivity contribution in [3.8, 4) is 24.2 Å². The molecule has 0 aliphatic carbocycles. The lowest BCUT2D eigenvalue weighted by molar-refractivity contribution is 0.0946. The molecule has 204 valence electrons. The molecule has 0 bridgehead atoms. The lowest BCUT2D eigenvalue weighted by Crippen LogP contribution is -2.41. The van der Waals surface area contributed by atoms with Gasteiger partial charge in [-0.1, -0.05) is 31.9 Å². The van der Waals surface area contributed by atoms with Crippen LogP contribution in [-0.2, 0) is 6.54 Å². The molecule has 1 aliphatic rings. The minimum atomic E-state index is -0.532. The van der Waals surface area contributed by atoms with Crippen LogP contribution in [0.1, 0.15) is 61.7 Å². The number of aromatic nitrogens is 2. The number of nitrogens with zero attached hydrogens (tertiary/aromatic N) is 4. The molecular formula is C32H27N5O4. The van der Waals surface area contributed by atoms with E-state index in [0.717, 1.165) is 0 Å². The van der Waals surface area contributed by atoms with E-state index in [1.807, 2.05) is 19.9 Å². The smallest absolute Gasteiger partial charge is 0.277 e. The highest BCUT2D eigenvalue weighted by atomic mass is 16.5. The summed E-state index contributed by atoms with van der Waals surface area (Å²) in [5.41, 5.74) is 3.04. The van der Waals surface area contributed by atoms with Crippen LogP contribution < -0.4 is 15.0 Å². The van der Waals surface area contributed by atoms with Crippen molar-refractivity contribution in [2.24, 2.45) is 0 Å². The summed E-state index contributed by atoms with van der Waals surface area (Å²) in [4.78, 5) is 41.0. The zero-order chi connectivity index (χ0) is 29.5. The van der Waals surface area contributed by atoms with Gasteiger partial charge in [0.1, 0.15) is 17.5 Å². The van der Waals surface area contributed by atoms with E-state index in [2.05, 4.69) is 16.3 Å². The standard InChI is InChI=1S/C30H21N5O4.C2H6/c1-3-19-5-4-6-21(15-19)28(36)20-7-10-24(11-8-20)34-13-14-35-27(30(34)38)25(18-32-35)29(37)33-23-9-12-26(39-2)22(16-23)17-31;1-2/h1,4-12,15-16,18H,13-14H2,2H3,(H,33,37);1-2H3. The molecule has 0 atom stereocenters. The van der Waals surface area contributed by atoms with E-state index in [-0.39, 0.29) is 22.6 Å². The first kappa shape index (κ1) is 28.3. The number of nitrogens with one attached hydrogen (secondary N) is 1. The number of amides is 2. The Hall–Kier alpha value is -5.67. The zero-order valence-corrected chi connectivity index (χ0v) is 22.8. The van der Waals surface area contributed by atoms with Crippen molar-refractivity contribution in [2.45, 2.75) is 20.4 Å². The fourth-order valence-electron chi connectivity index (χ4n) is 4.40. The van der Waals surface area contributed by atoms with Gasteiger partial charge in [0, 0.05) is 34.6 Å². The molecule has 9 nitrogen and oxygen atoms in total. The van der Waals surface area contributed by atoms with E-state index in [4.69, 9.17) is 11.2 Å². The maximum atomic E-state index is 13.5. The average molecular weight is 546 g/mol. The van der Waals surface area contributed by atoms with Crippen LogP contribution in [0.25, 0.3) is 0 Å². The van der Waals surface area contributed by atoms with E-state index >= 15 is 0 Å². The van der Waals surface area contributed by atoms with Crippen LogP contribution in [0.2, 0.25) is 0 Å². The van der Waals surface area contributed by atoms with Gasteiger partial charge in [-0.25, -0.2) is 0 Å². The number of anilines is 2. The van der Waals surface area contributed by atoms with Gasteiger partial charge in [-0.15, -0.1) is 6.42 Å². The maximum Gasteiger partial charge on any atom is 0.277 e. The molecule has 1 aliphatic heterocycles. The molecule has 5 rings (SSSR count). The van der Waals surface area contributed by atoms with Crippen LogP contribution in [-0.4, -0.2) is 41.0 Å². The Bertz CT molecular complexity index is 1710. The van der Waals surface area contributed by atoms with Crippen molar-refractivity contribution in [2.75, 3.05) is 23.9 Å². The summed E-state index contributed by atoms with van der Waals surface area (Å²) in [5, 5.41) is 16.3. The van der Waals surface area contributed by atoms with E-state index in [9.17, 15) is 19.6 Å². The zero-order valence-electron chi connectivity index (χ0n) is 22.8. The molecule has 0 saturated carbocycles. The SMILES string of the molecule is C#Cc1cccc(C(=O)c2ccc(N3CCn4ncc(C(=O)Nc5ccc(OC)c(C#N)c5)c4C3=O)cc2)c1.CC. The first-order valence-electron chi connectivity index (χ1n) is 12.9. The topological polar surface area (TPSA) is 117 Å². The second-order valence-electron chi connectivity index (χ2n) is 8.67. The summed E-state index contributed by atoms with van der Waals surface area (Å²) < 4.78 is 6.64. The van der Waals surface area contributed by atoms with Gasteiger partial charge in [0.15, 0.2) is 5.78 Å². The molecule has 9 heteroatoms. The molecule has 1 aromatic heterocycles. The van der Waals surface area contributed by atoms with Gasteiger partial charge in [0.05, 0.1) is 31.0 Å². The summed E-state index contributed by atoms with van der Waals surface area (Å²) in [6.45, 7) is 4.73. The van der Waals surface area contributed by atoms with Crippen LogP contribution in [0.3, 0.4) is 0 Å². The number of terminal acetylenes is 1. The maximum absolute atomic E-state index is 13.5. The molecule has 0 spiro atoms. The number of carbonyl (C=O) groups excluding carboxylic acids is 3. The van der Waals surface area contributed by atoms with Crippen LogP contribution in [0.5, 0.6) is 5.75 Å². The number of hydrogen-bond donors (Lipinski definition) is 1. The van der Waals surface area contributed by atoms with Crippen molar-refractivity contribution in [3.05, 3.63) is 106 Å². The highest BCUT2D eigenvalue weighted by Gasteiger charge is 2.32. The number of rotatable bonds is 6. The fraction of sp³-hybridized carbons (Fsp3) is 0.156. The van der Waals surface area contributed by atoms with Crippen molar-refractivity contribution < 1.29 is 19.1 Å². The van der Waals surface area contributed by atoms with Gasteiger partial charge in [-0.2, -0.15) is 10.4 Å². The van der Waals surface area contributed by atoms with Gasteiger partial charge in [-0.05, 0) is 54.6 Å². The minimum Gasteiger partial charge on any atom is -0.495 e. The number of carbonyl (C=O) groups is 3. The predicted molar refractivity (Wildman–Crippen MR) is 155 cm³/mol. The van der Waals surface area contributed by atoms with Crippen LogP contribution in [0, 0.1) is 23.7 Å². The Morgan fingerprint density at radius 3 is 2.46 bits per heavy atom. The molecule has 0 unspecified atom stereocenters. The van der Waals surface area contributed by atoms with Gasteiger partial charge < -0.3 is 15.0 Å². The molecule has 4 aromatic rings. The molecule has 0 radical (unpaired) electrons. The quantitative estimate of drug-likeness (QED) is 0.272. The monoisotopic (exact) mass is 545 g/mol. The predicted octanol–water partition coefficient (Wildman–Crippen LogP) is 4.91. The van der Waals surface area contributed by atoms with E-state index < -0.39 is 11.8 Å². The molecular weight excluding hydrogens is 518 g/mol. The van der Waals surface area contributed by atoms with Crippen molar-refractivity contribution in [3.63, 3.8) is 0 Å². The second-order valence-corrected chi connectivity index (χ2v) is 8.67. The number of hydrogen-bond acceptors (Lipinski definition) is 6. The summed E-state index contributed by atoms with van der Waals surface area (Å²) in [5.74, 6) is 1.80. The van der Waals surface area contributed by atoms with Gasteiger partial charge in [0.2, 0.25) is 0 Å². The third-order valence-corrected chi connectivity index (χ3v) is 6.38. The molecule has 0 saturated heterocycles. The second kappa shape index (κ2) is 12.5. The molecule has 41 heavy (non-hydrogen) atoms. The van der Waals surface area contributed by atoms with E-state index in [0.29, 0.717) is 46.9 Å². The van der Waals surface area contributed by atoms with Crippen LogP contribution >= 0.6 is 0 Å². The fourth-order valence-corrected chi connectivity index (χ4v) is 4.40. The molecule has 1 N–H and O–H groups in total. The first-order valence-corrected chi connectivity index (χ1v) is 12.9. The number of methoxy groups -OCH3 is 1. The lowest BCUT2D eigenvalue weighted by Gasteiger charge is -2.28. The number of nitriles is 1. The van der Waals surface area contributed by atoms with Crippen LogP contribution in [0.4, 0.5) is 11.4 Å². The Morgan fingerprint density at radius 1 is 1.02 bits per heavy atom. The van der Waals surface area contributed by atoms with E-state index in [1.165, 1.54) is 24.1 Å². The normalized spacial score (nSPS) is 11.7. The first-order chi connectivity index (χ1) is 19.9. The van der Waals surface area contributed by atoms with Crippen LogP contribution in [0.15, 0.2) is 72.9 Å². The summed E-state index contributed by atoms with van der Waals surface area (Å²) >= 11 is 0. The average Bonchev–Trinajstić information content (AvgIpc) is 3.47. The molecule has 0 fully saturated rings. The Morgan fingerprint density at radius 2 is 1.78 bits per heavy atom. The number of fused-ring (bicyclic) bond motifs is 1. The third kappa shape index (κ3) is 5.70. The molecule has 2 amide bonds. The minimum absolute atomic E-state index is 0.110. The Balaban J connectivity index is 0.00000189. The van der Waals surface area contributed by atoms with Crippen molar-refractivity contribution in [1.82, 2.24) is 9.78 Å². The van der Waals surface area contributed by atoms with Gasteiger partial charge >= 0.3 is 0 Å². The highest BCUT2D eigenvalue weighted by Crippen LogP contribution is 2.26. The number of benzene rings is 3.